The fourth-order valence-electron chi connectivity index (χ4n) is 6.01. The summed E-state index contributed by atoms with van der Waals surface area (Å²) in [5.41, 5.74) is 6.71. The largest absolute Gasteiger partial charge is 0.365 e. The molecule has 6 nitrogen and oxygen atoms in total. The lowest BCUT2D eigenvalue weighted by molar-refractivity contribution is 0.0751. The third-order valence-corrected chi connectivity index (χ3v) is 7.97. The Kier molecular flexibility index (Phi) is 5.77. The molecular formula is C28H35N5O. The van der Waals surface area contributed by atoms with Gasteiger partial charge in [-0.2, -0.15) is 5.10 Å². The van der Waals surface area contributed by atoms with Crippen molar-refractivity contribution in [3.05, 3.63) is 58.1 Å². The van der Waals surface area contributed by atoms with Crippen LogP contribution in [0.15, 0.2) is 30.3 Å². The first-order valence-electron chi connectivity index (χ1n) is 13.0. The normalized spacial score (nSPS) is 19.1. The molecule has 0 spiro atoms. The van der Waals surface area contributed by atoms with Gasteiger partial charge in [-0.25, -0.2) is 0 Å². The molecule has 2 fully saturated rings. The first-order valence-corrected chi connectivity index (χ1v) is 13.0. The van der Waals surface area contributed by atoms with Crippen LogP contribution in [-0.4, -0.2) is 45.0 Å². The quantitative estimate of drug-likeness (QED) is 0.541. The van der Waals surface area contributed by atoms with Gasteiger partial charge in [-0.15, -0.1) is 0 Å². The number of amides is 1. The van der Waals surface area contributed by atoms with E-state index in [-0.39, 0.29) is 5.91 Å². The van der Waals surface area contributed by atoms with Crippen molar-refractivity contribution in [2.75, 3.05) is 18.4 Å². The molecule has 0 atom stereocenters. The van der Waals surface area contributed by atoms with Crippen LogP contribution >= 0.6 is 0 Å². The molecule has 0 unspecified atom stereocenters. The van der Waals surface area contributed by atoms with Gasteiger partial charge in [0.1, 0.15) is 0 Å². The van der Waals surface area contributed by atoms with Crippen molar-refractivity contribution in [3.8, 4) is 0 Å². The molecule has 1 saturated heterocycles. The molecule has 2 N–H and O–H groups in total. The number of carbonyl (C=O) groups is 1. The predicted molar refractivity (Wildman–Crippen MR) is 136 cm³/mol. The van der Waals surface area contributed by atoms with Crippen molar-refractivity contribution < 1.29 is 4.79 Å². The second-order valence-electron chi connectivity index (χ2n) is 10.5. The summed E-state index contributed by atoms with van der Waals surface area (Å²) in [5, 5.41) is 12.3. The van der Waals surface area contributed by atoms with Crippen molar-refractivity contribution in [2.24, 2.45) is 0 Å². The summed E-state index contributed by atoms with van der Waals surface area (Å²) >= 11 is 0. The van der Waals surface area contributed by atoms with E-state index in [0.717, 1.165) is 34.4 Å². The highest BCUT2D eigenvalue weighted by Gasteiger charge is 2.27. The predicted octanol–water partition coefficient (Wildman–Crippen LogP) is 5.37. The zero-order valence-electron chi connectivity index (χ0n) is 20.2. The number of aromatic nitrogens is 2. The zero-order chi connectivity index (χ0) is 23.1. The van der Waals surface area contributed by atoms with Gasteiger partial charge in [0, 0.05) is 36.6 Å². The lowest BCUT2D eigenvalue weighted by atomic mass is 10.0. The van der Waals surface area contributed by atoms with Crippen LogP contribution in [0.3, 0.4) is 0 Å². The molecule has 0 bridgehead atoms. The molecule has 0 radical (unpaired) electrons. The fraction of sp³-hybridized carbons (Fsp3) is 0.500. The lowest BCUT2D eigenvalue weighted by Gasteiger charge is -2.26. The van der Waals surface area contributed by atoms with E-state index < -0.39 is 0 Å². The fourth-order valence-corrected chi connectivity index (χ4v) is 6.01. The molecule has 2 aromatic carbocycles. The van der Waals surface area contributed by atoms with Crippen LogP contribution in [0.25, 0.3) is 10.9 Å². The van der Waals surface area contributed by atoms with E-state index in [0.29, 0.717) is 19.1 Å². The maximum absolute atomic E-state index is 13.6. The van der Waals surface area contributed by atoms with Crippen LogP contribution in [0.1, 0.15) is 77.6 Å². The molecule has 1 saturated carbocycles. The van der Waals surface area contributed by atoms with Crippen LogP contribution in [0.5, 0.6) is 0 Å². The Labute approximate surface area is 201 Å². The SMILES string of the molecule is Cc1cc2[nH]nc(NC3CCCC3)c2cc1C(=O)N1Cc2ccc(CN3CCCCC3)cc2C1. The van der Waals surface area contributed by atoms with Gasteiger partial charge < -0.3 is 10.2 Å². The Morgan fingerprint density at radius 2 is 1.82 bits per heavy atom. The number of anilines is 1. The topological polar surface area (TPSA) is 64.3 Å². The average Bonchev–Trinajstić information content (AvgIpc) is 3.59. The van der Waals surface area contributed by atoms with E-state index >= 15 is 0 Å². The number of hydrogen-bond donors (Lipinski definition) is 2. The summed E-state index contributed by atoms with van der Waals surface area (Å²) in [5.74, 6) is 0.990. The highest BCUT2D eigenvalue weighted by Crippen LogP contribution is 2.31. The van der Waals surface area contributed by atoms with Gasteiger partial charge in [0.25, 0.3) is 5.91 Å². The molecule has 3 heterocycles. The van der Waals surface area contributed by atoms with Gasteiger partial charge in [-0.3, -0.25) is 14.8 Å². The number of nitrogens with one attached hydrogen (secondary N) is 2. The second-order valence-corrected chi connectivity index (χ2v) is 10.5. The van der Waals surface area contributed by atoms with E-state index in [4.69, 9.17) is 0 Å². The van der Waals surface area contributed by atoms with Crippen molar-refractivity contribution in [1.82, 2.24) is 20.0 Å². The number of carbonyl (C=O) groups excluding carboxylic acids is 1. The number of piperidine rings is 1. The van der Waals surface area contributed by atoms with Crippen LogP contribution < -0.4 is 5.32 Å². The molecule has 6 rings (SSSR count). The standard InChI is InChI=1S/C28H35N5O/c1-19-13-26-25(27(31-30-26)29-23-7-3-4-8-23)15-24(19)28(34)33-17-21-10-9-20(14-22(21)18-33)16-32-11-5-2-6-12-32/h9-10,13-15,23H,2-8,11-12,16-18H2,1H3,(H2,29,30,31). The average molecular weight is 458 g/mol. The lowest BCUT2D eigenvalue weighted by Crippen LogP contribution is -2.29. The number of rotatable bonds is 5. The maximum atomic E-state index is 13.6. The molecule has 3 aliphatic rings. The van der Waals surface area contributed by atoms with Gasteiger partial charge in [0.2, 0.25) is 0 Å². The summed E-state index contributed by atoms with van der Waals surface area (Å²) < 4.78 is 0. The minimum atomic E-state index is 0.112. The monoisotopic (exact) mass is 457 g/mol. The summed E-state index contributed by atoms with van der Waals surface area (Å²) in [6.07, 6.45) is 8.92. The minimum absolute atomic E-state index is 0.112. The van der Waals surface area contributed by atoms with Crippen molar-refractivity contribution in [3.63, 3.8) is 0 Å². The van der Waals surface area contributed by atoms with Gasteiger partial charge in [-0.05, 0) is 80.1 Å². The molecule has 6 heteroatoms. The van der Waals surface area contributed by atoms with Gasteiger partial charge in [0.15, 0.2) is 5.82 Å². The number of likely N-dealkylation sites (tertiary alicyclic amines) is 1. The van der Waals surface area contributed by atoms with E-state index in [1.54, 1.807) is 0 Å². The summed E-state index contributed by atoms with van der Waals surface area (Å²) in [6, 6.07) is 11.4. The highest BCUT2D eigenvalue weighted by molar-refractivity contribution is 6.02. The summed E-state index contributed by atoms with van der Waals surface area (Å²) in [4.78, 5) is 18.2. The van der Waals surface area contributed by atoms with Crippen molar-refractivity contribution in [2.45, 2.75) is 77.5 Å². The van der Waals surface area contributed by atoms with E-state index in [1.807, 2.05) is 17.9 Å². The van der Waals surface area contributed by atoms with Gasteiger partial charge in [0.05, 0.1) is 5.52 Å². The number of hydrogen-bond acceptors (Lipinski definition) is 4. The number of nitrogens with zero attached hydrogens (tertiary/aromatic N) is 3. The van der Waals surface area contributed by atoms with Gasteiger partial charge in [-0.1, -0.05) is 37.5 Å². The third-order valence-electron chi connectivity index (χ3n) is 7.97. The number of benzene rings is 2. The van der Waals surface area contributed by atoms with Crippen LogP contribution in [0, 0.1) is 6.92 Å². The highest BCUT2D eigenvalue weighted by atomic mass is 16.2. The zero-order valence-corrected chi connectivity index (χ0v) is 20.2. The van der Waals surface area contributed by atoms with Crippen LogP contribution in [0.2, 0.25) is 0 Å². The molecule has 1 amide bonds. The Bertz CT molecular complexity index is 1200. The molecule has 3 aromatic rings. The third kappa shape index (κ3) is 4.20. The summed E-state index contributed by atoms with van der Waals surface area (Å²) in [6.45, 7) is 6.84. The minimum Gasteiger partial charge on any atom is -0.365 e. The van der Waals surface area contributed by atoms with E-state index in [9.17, 15) is 4.79 Å². The smallest absolute Gasteiger partial charge is 0.254 e. The Hall–Kier alpha value is -2.86. The maximum Gasteiger partial charge on any atom is 0.254 e. The van der Waals surface area contributed by atoms with Crippen LogP contribution in [0.4, 0.5) is 5.82 Å². The second kappa shape index (κ2) is 9.06. The molecular weight excluding hydrogens is 422 g/mol. The molecule has 178 valence electrons. The van der Waals surface area contributed by atoms with Gasteiger partial charge >= 0.3 is 0 Å². The van der Waals surface area contributed by atoms with Crippen molar-refractivity contribution >= 4 is 22.6 Å². The molecule has 2 aliphatic heterocycles. The number of fused-ring (bicyclic) bond motifs is 2. The first-order chi connectivity index (χ1) is 16.6. The molecule has 1 aliphatic carbocycles. The Morgan fingerprint density at radius 1 is 1.03 bits per heavy atom. The van der Waals surface area contributed by atoms with E-state index in [1.165, 1.54) is 74.7 Å². The number of H-pyrrole nitrogens is 1. The Balaban J connectivity index is 1.20. The van der Waals surface area contributed by atoms with Crippen LogP contribution in [-0.2, 0) is 19.6 Å². The molecule has 1 aromatic heterocycles. The van der Waals surface area contributed by atoms with E-state index in [2.05, 4.69) is 44.7 Å². The molecule has 34 heavy (non-hydrogen) atoms. The van der Waals surface area contributed by atoms with Crippen molar-refractivity contribution in [1.29, 1.82) is 0 Å². The summed E-state index contributed by atoms with van der Waals surface area (Å²) in [7, 11) is 0. The first kappa shape index (κ1) is 21.7. The number of aryl methyl sites for hydroxylation is 1. The number of aromatic amines is 1. The Morgan fingerprint density at radius 3 is 2.65 bits per heavy atom.